The summed E-state index contributed by atoms with van der Waals surface area (Å²) in [6.45, 7) is 0.504. The van der Waals surface area contributed by atoms with Gasteiger partial charge in [-0.1, -0.05) is 30.3 Å². The van der Waals surface area contributed by atoms with Crippen molar-refractivity contribution in [1.29, 1.82) is 0 Å². The normalized spacial score (nSPS) is 15.1. The molecule has 0 N–H and O–H groups in total. The highest BCUT2D eigenvalue weighted by molar-refractivity contribution is 5.32. The van der Waals surface area contributed by atoms with Crippen LogP contribution in [0.2, 0.25) is 0 Å². The van der Waals surface area contributed by atoms with Crippen LogP contribution in [-0.2, 0) is 20.8 Å². The van der Waals surface area contributed by atoms with Crippen LogP contribution in [0.15, 0.2) is 53.7 Å². The number of benzene rings is 1. The molecule has 18 heavy (non-hydrogen) atoms. The Morgan fingerprint density at radius 1 is 1.06 bits per heavy atom. The van der Waals surface area contributed by atoms with Gasteiger partial charge in [0.05, 0.1) is 14.2 Å². The van der Waals surface area contributed by atoms with Crippen LogP contribution in [0.3, 0.4) is 0 Å². The van der Waals surface area contributed by atoms with E-state index in [-0.39, 0.29) is 0 Å². The van der Waals surface area contributed by atoms with Crippen molar-refractivity contribution < 1.29 is 14.2 Å². The number of allylic oxidation sites excluding steroid dienone is 2. The van der Waals surface area contributed by atoms with Gasteiger partial charge in [-0.15, -0.1) is 0 Å². The van der Waals surface area contributed by atoms with Crippen molar-refractivity contribution in [2.45, 2.75) is 13.0 Å². The van der Waals surface area contributed by atoms with E-state index >= 15 is 0 Å². The third-order valence-corrected chi connectivity index (χ3v) is 2.74. The van der Waals surface area contributed by atoms with Gasteiger partial charge in [0.1, 0.15) is 12.4 Å². The smallest absolute Gasteiger partial charge is 0.199 e. The maximum atomic E-state index is 5.82. The Balaban J connectivity index is 2.10. The summed E-state index contributed by atoms with van der Waals surface area (Å²) in [5, 5.41) is 0. The molecule has 3 heteroatoms. The minimum absolute atomic E-state index is 0.504. The van der Waals surface area contributed by atoms with E-state index in [1.54, 1.807) is 14.2 Å². The predicted molar refractivity (Wildman–Crippen MR) is 69.3 cm³/mol. The Kier molecular flexibility index (Phi) is 4.29. The van der Waals surface area contributed by atoms with Crippen LogP contribution in [0.1, 0.15) is 12.0 Å². The Morgan fingerprint density at radius 2 is 1.83 bits per heavy atom. The van der Waals surface area contributed by atoms with Gasteiger partial charge in [-0.2, -0.15) is 0 Å². The van der Waals surface area contributed by atoms with E-state index in [1.807, 2.05) is 42.8 Å². The fourth-order valence-electron chi connectivity index (χ4n) is 1.80. The highest BCUT2D eigenvalue weighted by Crippen LogP contribution is 2.27. The lowest BCUT2D eigenvalue weighted by Crippen LogP contribution is -2.08. The number of hydrogen-bond donors (Lipinski definition) is 0. The quantitative estimate of drug-likeness (QED) is 0.797. The summed E-state index contributed by atoms with van der Waals surface area (Å²) in [4.78, 5) is 0. The fourth-order valence-corrected chi connectivity index (χ4v) is 1.80. The minimum atomic E-state index is 0.504. The van der Waals surface area contributed by atoms with Gasteiger partial charge in [-0.25, -0.2) is 0 Å². The molecule has 0 aliphatic heterocycles. The van der Waals surface area contributed by atoms with Crippen molar-refractivity contribution in [2.24, 2.45) is 0 Å². The van der Waals surface area contributed by atoms with Crippen LogP contribution in [-0.4, -0.2) is 14.2 Å². The van der Waals surface area contributed by atoms with Gasteiger partial charge in [0.2, 0.25) is 0 Å². The lowest BCUT2D eigenvalue weighted by molar-refractivity contribution is 0.136. The van der Waals surface area contributed by atoms with Crippen LogP contribution < -0.4 is 0 Å². The molecule has 0 spiro atoms. The summed E-state index contributed by atoms with van der Waals surface area (Å²) in [6.07, 6.45) is 4.63. The second-order valence-electron chi connectivity index (χ2n) is 3.91. The summed E-state index contributed by atoms with van der Waals surface area (Å²) in [5.74, 6) is 2.19. The van der Waals surface area contributed by atoms with Crippen molar-refractivity contribution in [2.75, 3.05) is 14.2 Å². The molecule has 0 amide bonds. The van der Waals surface area contributed by atoms with Crippen molar-refractivity contribution >= 4 is 0 Å². The SMILES string of the molecule is COC1=C[CH]CC(OC)=C1OCc1ccccc1. The van der Waals surface area contributed by atoms with E-state index in [0.717, 1.165) is 17.7 Å². The molecular formula is C15H17O3. The van der Waals surface area contributed by atoms with Crippen LogP contribution >= 0.6 is 0 Å². The third-order valence-electron chi connectivity index (χ3n) is 2.74. The molecule has 1 aromatic rings. The fraction of sp³-hybridized carbons (Fsp3) is 0.267. The zero-order valence-corrected chi connectivity index (χ0v) is 10.7. The lowest BCUT2D eigenvalue weighted by atomic mass is 10.1. The van der Waals surface area contributed by atoms with Gasteiger partial charge >= 0.3 is 0 Å². The minimum Gasteiger partial charge on any atom is -0.497 e. The first-order valence-corrected chi connectivity index (χ1v) is 5.87. The molecule has 0 fully saturated rings. The molecule has 0 aromatic heterocycles. The van der Waals surface area contributed by atoms with E-state index in [2.05, 4.69) is 0 Å². The van der Waals surface area contributed by atoms with Gasteiger partial charge in [0, 0.05) is 6.42 Å². The van der Waals surface area contributed by atoms with Crippen LogP contribution in [0.25, 0.3) is 0 Å². The molecule has 0 saturated carbocycles. The standard InChI is InChI=1S/C15H17O3/c1-16-13-9-6-10-14(17-2)15(13)18-11-12-7-4-3-5-8-12/h3-9H,10-11H2,1-2H3. The Morgan fingerprint density at radius 3 is 2.50 bits per heavy atom. The van der Waals surface area contributed by atoms with E-state index < -0.39 is 0 Å². The highest BCUT2D eigenvalue weighted by atomic mass is 16.5. The van der Waals surface area contributed by atoms with E-state index in [0.29, 0.717) is 18.1 Å². The number of rotatable bonds is 5. The lowest BCUT2D eigenvalue weighted by Gasteiger charge is -2.20. The average Bonchev–Trinajstić information content (AvgIpc) is 2.45. The summed E-state index contributed by atoms with van der Waals surface area (Å²) >= 11 is 0. The second-order valence-corrected chi connectivity index (χ2v) is 3.91. The molecular weight excluding hydrogens is 228 g/mol. The maximum Gasteiger partial charge on any atom is 0.199 e. The zero-order chi connectivity index (χ0) is 12.8. The highest BCUT2D eigenvalue weighted by Gasteiger charge is 2.19. The number of ether oxygens (including phenoxy) is 3. The molecule has 95 valence electrons. The topological polar surface area (TPSA) is 27.7 Å². The number of methoxy groups -OCH3 is 2. The molecule has 1 radical (unpaired) electrons. The first kappa shape index (κ1) is 12.6. The molecule has 0 saturated heterocycles. The van der Waals surface area contributed by atoms with Gasteiger partial charge < -0.3 is 14.2 Å². The molecule has 1 aliphatic rings. The largest absolute Gasteiger partial charge is 0.497 e. The molecule has 0 unspecified atom stereocenters. The van der Waals surface area contributed by atoms with Crippen molar-refractivity contribution in [3.8, 4) is 0 Å². The molecule has 0 bridgehead atoms. The van der Waals surface area contributed by atoms with Gasteiger partial charge in [0.25, 0.3) is 0 Å². The third kappa shape index (κ3) is 2.86. The molecule has 1 aromatic carbocycles. The van der Waals surface area contributed by atoms with Crippen molar-refractivity contribution in [3.05, 3.63) is 65.7 Å². The summed E-state index contributed by atoms with van der Waals surface area (Å²) in [5.41, 5.74) is 1.12. The second kappa shape index (κ2) is 6.15. The predicted octanol–water partition coefficient (Wildman–Crippen LogP) is 3.20. The Labute approximate surface area is 108 Å². The van der Waals surface area contributed by atoms with E-state index in [9.17, 15) is 0 Å². The van der Waals surface area contributed by atoms with Gasteiger partial charge in [-0.3, -0.25) is 0 Å². The zero-order valence-electron chi connectivity index (χ0n) is 10.7. The number of hydrogen-bond acceptors (Lipinski definition) is 3. The first-order valence-electron chi connectivity index (χ1n) is 5.87. The molecule has 1 aliphatic carbocycles. The van der Waals surface area contributed by atoms with Crippen LogP contribution in [0, 0.1) is 6.42 Å². The average molecular weight is 245 g/mol. The Hall–Kier alpha value is -1.90. The van der Waals surface area contributed by atoms with Gasteiger partial charge in [-0.05, 0) is 18.1 Å². The molecule has 2 rings (SSSR count). The van der Waals surface area contributed by atoms with E-state index in [4.69, 9.17) is 14.2 Å². The molecule has 0 heterocycles. The van der Waals surface area contributed by atoms with Crippen LogP contribution in [0.5, 0.6) is 0 Å². The summed E-state index contributed by atoms with van der Waals surface area (Å²) < 4.78 is 16.4. The first-order chi connectivity index (χ1) is 8.85. The molecule has 0 atom stereocenters. The van der Waals surface area contributed by atoms with Crippen LogP contribution in [0.4, 0.5) is 0 Å². The maximum absolute atomic E-state index is 5.82. The monoisotopic (exact) mass is 245 g/mol. The van der Waals surface area contributed by atoms with Gasteiger partial charge in [0.15, 0.2) is 11.5 Å². The summed E-state index contributed by atoms with van der Waals surface area (Å²) in [6, 6.07) is 10.0. The molecule has 3 nitrogen and oxygen atoms in total. The Bertz CT molecular complexity index is 446. The summed E-state index contributed by atoms with van der Waals surface area (Å²) in [7, 11) is 3.28. The van der Waals surface area contributed by atoms with Crippen molar-refractivity contribution in [3.63, 3.8) is 0 Å². The van der Waals surface area contributed by atoms with E-state index in [1.165, 1.54) is 0 Å². The van der Waals surface area contributed by atoms with Crippen molar-refractivity contribution in [1.82, 2.24) is 0 Å².